The third kappa shape index (κ3) is 5.89. The van der Waals surface area contributed by atoms with E-state index in [2.05, 4.69) is 34.4 Å². The number of hydrogen-bond acceptors (Lipinski definition) is 4. The van der Waals surface area contributed by atoms with E-state index in [9.17, 15) is 4.79 Å². The molecule has 6 heteroatoms. The smallest absolute Gasteiger partial charge is 0.252 e. The van der Waals surface area contributed by atoms with Gasteiger partial charge in [0.05, 0.1) is 10.6 Å². The minimum Gasteiger partial charge on any atom is -0.369 e. The molecule has 0 aliphatic carbocycles. The zero-order chi connectivity index (χ0) is 16.0. The second-order valence-electron chi connectivity index (χ2n) is 6.17. The highest BCUT2D eigenvalue weighted by molar-refractivity contribution is 6.33. The molecular formula is C15H25ClN4O. The van der Waals surface area contributed by atoms with Gasteiger partial charge >= 0.3 is 0 Å². The maximum absolute atomic E-state index is 12.2. The van der Waals surface area contributed by atoms with Crippen LogP contribution in [0.3, 0.4) is 0 Å². The number of anilines is 1. The van der Waals surface area contributed by atoms with E-state index >= 15 is 0 Å². The molecule has 1 amide bonds. The molecule has 5 nitrogen and oxygen atoms in total. The molecule has 2 N–H and O–H groups in total. The minimum atomic E-state index is -0.153. The molecule has 0 bridgehead atoms. The van der Waals surface area contributed by atoms with Gasteiger partial charge in [-0.3, -0.25) is 4.79 Å². The number of rotatable bonds is 7. The molecule has 1 rings (SSSR count). The fourth-order valence-electron chi connectivity index (χ4n) is 2.19. The molecule has 1 aromatic rings. The molecule has 0 spiro atoms. The predicted molar refractivity (Wildman–Crippen MR) is 88.1 cm³/mol. The van der Waals surface area contributed by atoms with Crippen LogP contribution in [0.25, 0.3) is 0 Å². The molecule has 0 atom stereocenters. The maximum atomic E-state index is 12.2. The van der Waals surface area contributed by atoms with Gasteiger partial charge in [-0.05, 0) is 32.5 Å². The van der Waals surface area contributed by atoms with Gasteiger partial charge in [-0.1, -0.05) is 25.4 Å². The third-order valence-electron chi connectivity index (χ3n) is 2.92. The number of pyridine rings is 1. The number of amides is 1. The Labute approximate surface area is 132 Å². The summed E-state index contributed by atoms with van der Waals surface area (Å²) in [5.74, 6) is 0.447. The zero-order valence-corrected chi connectivity index (χ0v) is 14.2. The van der Waals surface area contributed by atoms with E-state index in [4.69, 9.17) is 11.6 Å². The summed E-state index contributed by atoms with van der Waals surface area (Å²) in [6, 6.07) is 1.64. The number of halogens is 1. The number of nitrogens with one attached hydrogen (secondary N) is 2. The SMILES string of the molecule is CCNc1ncc(C(=O)NCC(C)(C)CN(C)C)cc1Cl. The summed E-state index contributed by atoms with van der Waals surface area (Å²) in [6.07, 6.45) is 1.54. The summed E-state index contributed by atoms with van der Waals surface area (Å²) in [4.78, 5) is 18.4. The number of aromatic nitrogens is 1. The number of nitrogens with zero attached hydrogens (tertiary/aromatic N) is 2. The summed E-state index contributed by atoms with van der Waals surface area (Å²) < 4.78 is 0. The van der Waals surface area contributed by atoms with Crippen molar-refractivity contribution >= 4 is 23.3 Å². The molecule has 0 aliphatic rings. The van der Waals surface area contributed by atoms with E-state index in [-0.39, 0.29) is 11.3 Å². The van der Waals surface area contributed by atoms with Gasteiger partial charge in [-0.2, -0.15) is 0 Å². The predicted octanol–water partition coefficient (Wildman–Crippen LogP) is 2.48. The monoisotopic (exact) mass is 312 g/mol. The van der Waals surface area contributed by atoms with Crippen LogP contribution in [0.4, 0.5) is 5.82 Å². The molecule has 0 fully saturated rings. The average Bonchev–Trinajstić information content (AvgIpc) is 2.37. The molecule has 0 saturated heterocycles. The first-order chi connectivity index (χ1) is 9.75. The normalized spacial score (nSPS) is 11.6. The summed E-state index contributed by atoms with van der Waals surface area (Å²) in [6.45, 7) is 8.42. The largest absolute Gasteiger partial charge is 0.369 e. The quantitative estimate of drug-likeness (QED) is 0.812. The number of carbonyl (C=O) groups is 1. The van der Waals surface area contributed by atoms with Crippen molar-refractivity contribution in [2.75, 3.05) is 39.0 Å². The summed E-state index contributed by atoms with van der Waals surface area (Å²) >= 11 is 6.10. The van der Waals surface area contributed by atoms with Crippen LogP contribution in [0.2, 0.25) is 5.02 Å². The lowest BCUT2D eigenvalue weighted by atomic mass is 9.93. The molecule has 0 unspecified atom stereocenters. The fraction of sp³-hybridized carbons (Fsp3) is 0.600. The van der Waals surface area contributed by atoms with Crippen molar-refractivity contribution in [2.24, 2.45) is 5.41 Å². The molecule has 0 aromatic carbocycles. The molecule has 1 heterocycles. The van der Waals surface area contributed by atoms with Gasteiger partial charge < -0.3 is 15.5 Å². The van der Waals surface area contributed by atoms with Crippen molar-refractivity contribution < 1.29 is 4.79 Å². The Bertz CT molecular complexity index is 489. The van der Waals surface area contributed by atoms with Crippen LogP contribution in [0.15, 0.2) is 12.3 Å². The maximum Gasteiger partial charge on any atom is 0.252 e. The van der Waals surface area contributed by atoms with Gasteiger partial charge in [-0.25, -0.2) is 4.98 Å². The van der Waals surface area contributed by atoms with Crippen LogP contribution in [-0.4, -0.2) is 49.5 Å². The van der Waals surface area contributed by atoms with Crippen molar-refractivity contribution in [1.82, 2.24) is 15.2 Å². The van der Waals surface area contributed by atoms with E-state index in [0.29, 0.717) is 22.9 Å². The van der Waals surface area contributed by atoms with Crippen LogP contribution in [0.5, 0.6) is 0 Å². The van der Waals surface area contributed by atoms with Crippen LogP contribution in [-0.2, 0) is 0 Å². The topological polar surface area (TPSA) is 57.3 Å². The van der Waals surface area contributed by atoms with Crippen molar-refractivity contribution in [3.63, 3.8) is 0 Å². The van der Waals surface area contributed by atoms with Gasteiger partial charge in [0.2, 0.25) is 0 Å². The van der Waals surface area contributed by atoms with Crippen molar-refractivity contribution in [3.8, 4) is 0 Å². The van der Waals surface area contributed by atoms with Gasteiger partial charge in [0.1, 0.15) is 5.82 Å². The number of hydrogen-bond donors (Lipinski definition) is 2. The first kappa shape index (κ1) is 17.7. The molecule has 0 saturated carbocycles. The van der Waals surface area contributed by atoms with E-state index in [0.717, 1.165) is 13.1 Å². The lowest BCUT2D eigenvalue weighted by Gasteiger charge is -2.28. The highest BCUT2D eigenvalue weighted by atomic mass is 35.5. The first-order valence-electron chi connectivity index (χ1n) is 7.07. The summed E-state index contributed by atoms with van der Waals surface area (Å²) in [7, 11) is 4.04. The van der Waals surface area contributed by atoms with Crippen LogP contribution < -0.4 is 10.6 Å². The van der Waals surface area contributed by atoms with E-state index < -0.39 is 0 Å². The van der Waals surface area contributed by atoms with Gasteiger partial charge in [-0.15, -0.1) is 0 Å². The lowest BCUT2D eigenvalue weighted by Crippen LogP contribution is -2.40. The van der Waals surface area contributed by atoms with Crippen LogP contribution >= 0.6 is 11.6 Å². The first-order valence-corrected chi connectivity index (χ1v) is 7.45. The highest BCUT2D eigenvalue weighted by Crippen LogP contribution is 2.20. The van der Waals surface area contributed by atoms with Crippen LogP contribution in [0, 0.1) is 5.41 Å². The highest BCUT2D eigenvalue weighted by Gasteiger charge is 2.20. The second-order valence-corrected chi connectivity index (χ2v) is 6.58. The van der Waals surface area contributed by atoms with E-state index in [1.54, 1.807) is 6.07 Å². The van der Waals surface area contributed by atoms with Gasteiger partial charge in [0.15, 0.2) is 0 Å². The molecule has 0 radical (unpaired) electrons. The summed E-state index contributed by atoms with van der Waals surface area (Å²) in [5, 5.41) is 6.43. The molecule has 1 aromatic heterocycles. The molecular weight excluding hydrogens is 288 g/mol. The van der Waals surface area contributed by atoms with E-state index in [1.807, 2.05) is 21.0 Å². The van der Waals surface area contributed by atoms with Gasteiger partial charge in [0, 0.05) is 25.8 Å². The Hall–Kier alpha value is -1.33. The van der Waals surface area contributed by atoms with Gasteiger partial charge in [0.25, 0.3) is 5.91 Å². The Morgan fingerprint density at radius 3 is 2.62 bits per heavy atom. The Kier molecular flexibility index (Phi) is 6.42. The standard InChI is InChI=1S/C15H25ClN4O/c1-6-17-13-12(16)7-11(8-18-13)14(21)19-9-15(2,3)10-20(4)5/h7-8H,6,9-10H2,1-5H3,(H,17,18)(H,19,21). The fourth-order valence-corrected chi connectivity index (χ4v) is 2.43. The number of carbonyl (C=O) groups excluding carboxylic acids is 1. The minimum absolute atomic E-state index is 0.0000894. The molecule has 118 valence electrons. The second kappa shape index (κ2) is 7.61. The average molecular weight is 313 g/mol. The van der Waals surface area contributed by atoms with Crippen molar-refractivity contribution in [1.29, 1.82) is 0 Å². The zero-order valence-electron chi connectivity index (χ0n) is 13.5. The third-order valence-corrected chi connectivity index (χ3v) is 3.21. The molecule has 0 aliphatic heterocycles. The van der Waals surface area contributed by atoms with Crippen LogP contribution in [0.1, 0.15) is 31.1 Å². The van der Waals surface area contributed by atoms with Crippen molar-refractivity contribution in [3.05, 3.63) is 22.8 Å². The van der Waals surface area contributed by atoms with Crippen molar-refractivity contribution in [2.45, 2.75) is 20.8 Å². The Morgan fingerprint density at radius 1 is 1.43 bits per heavy atom. The Morgan fingerprint density at radius 2 is 2.10 bits per heavy atom. The summed E-state index contributed by atoms with van der Waals surface area (Å²) in [5.41, 5.74) is 0.474. The molecule has 21 heavy (non-hydrogen) atoms. The Balaban J connectivity index is 2.66. The van der Waals surface area contributed by atoms with E-state index in [1.165, 1.54) is 6.20 Å². The lowest BCUT2D eigenvalue weighted by molar-refractivity contribution is 0.0929.